The van der Waals surface area contributed by atoms with Crippen LogP contribution in [-0.2, 0) is 10.8 Å². The third-order valence-electron chi connectivity index (χ3n) is 13.6. The van der Waals surface area contributed by atoms with Crippen molar-refractivity contribution >= 4 is 44.3 Å². The minimum Gasteiger partial charge on any atom is -0.355 e. The maximum absolute atomic E-state index is 3.80. The molecule has 10 aromatic rings. The standard InChI is InChI=1S/C60H44N2/c1-59(2)55-19-11-9-17-51(55)53-31-29-49(37-57(53)59)62-48-27-25-39-21-22-41(34-44(39)36-48)40-23-24-43-35-47(28-26-42(43)33-40)61-50-30-32-54-52-18-10-12-20-56(52)60(58(54)38-50,45-13-5-3-6-14-45)46-15-7-4-8-16-46/h3-38,61-62H,1-2H3. The highest BCUT2D eigenvalue weighted by Gasteiger charge is 2.46. The lowest BCUT2D eigenvalue weighted by atomic mass is 9.67. The monoisotopic (exact) mass is 792 g/mol. The quantitative estimate of drug-likeness (QED) is 0.168. The molecule has 0 radical (unpaired) electrons. The first kappa shape index (κ1) is 36.2. The molecule has 2 nitrogen and oxygen atoms in total. The van der Waals surface area contributed by atoms with Crippen molar-refractivity contribution in [3.63, 3.8) is 0 Å². The summed E-state index contributed by atoms with van der Waals surface area (Å²) in [7, 11) is 0. The Morgan fingerprint density at radius 2 is 0.710 bits per heavy atom. The molecule has 2 N–H and O–H groups in total. The van der Waals surface area contributed by atoms with Crippen molar-refractivity contribution in [3.05, 3.63) is 252 Å². The third-order valence-corrected chi connectivity index (χ3v) is 13.6. The van der Waals surface area contributed by atoms with Gasteiger partial charge in [0, 0.05) is 28.2 Å². The fourth-order valence-electron chi connectivity index (χ4n) is 10.6. The Kier molecular flexibility index (Phi) is 8.14. The predicted octanol–water partition coefficient (Wildman–Crippen LogP) is 15.8. The van der Waals surface area contributed by atoms with E-state index in [0.717, 1.165) is 22.7 Å². The first-order valence-electron chi connectivity index (χ1n) is 21.7. The Bertz CT molecular complexity index is 3340. The first-order valence-corrected chi connectivity index (χ1v) is 21.7. The van der Waals surface area contributed by atoms with Crippen LogP contribution in [0, 0.1) is 0 Å². The van der Waals surface area contributed by atoms with E-state index in [4.69, 9.17) is 0 Å². The largest absolute Gasteiger partial charge is 0.355 e. The number of hydrogen-bond donors (Lipinski definition) is 2. The van der Waals surface area contributed by atoms with Crippen LogP contribution in [0.3, 0.4) is 0 Å². The van der Waals surface area contributed by atoms with E-state index in [0.29, 0.717) is 0 Å². The van der Waals surface area contributed by atoms with Crippen molar-refractivity contribution in [2.24, 2.45) is 0 Å². The van der Waals surface area contributed by atoms with E-state index in [2.05, 4.69) is 243 Å². The van der Waals surface area contributed by atoms with Gasteiger partial charge in [0.15, 0.2) is 0 Å². The minimum atomic E-state index is -0.431. The molecule has 0 amide bonds. The van der Waals surface area contributed by atoms with Crippen molar-refractivity contribution in [1.82, 2.24) is 0 Å². The highest BCUT2D eigenvalue weighted by molar-refractivity contribution is 5.95. The molecule has 62 heavy (non-hydrogen) atoms. The summed E-state index contributed by atoms with van der Waals surface area (Å²) in [6.45, 7) is 4.66. The lowest BCUT2D eigenvalue weighted by Crippen LogP contribution is -2.28. The summed E-state index contributed by atoms with van der Waals surface area (Å²) < 4.78 is 0. The van der Waals surface area contributed by atoms with E-state index in [1.807, 2.05) is 0 Å². The smallest absolute Gasteiger partial charge is 0.0714 e. The van der Waals surface area contributed by atoms with E-state index in [-0.39, 0.29) is 5.41 Å². The first-order chi connectivity index (χ1) is 30.4. The van der Waals surface area contributed by atoms with E-state index < -0.39 is 5.41 Å². The molecule has 0 fully saturated rings. The predicted molar refractivity (Wildman–Crippen MR) is 261 cm³/mol. The third kappa shape index (κ3) is 5.64. The summed E-state index contributed by atoms with van der Waals surface area (Å²) in [6, 6.07) is 80.4. The normalized spacial score (nSPS) is 13.9. The average molecular weight is 793 g/mol. The maximum Gasteiger partial charge on any atom is 0.0714 e. The molecule has 0 spiro atoms. The van der Waals surface area contributed by atoms with E-state index >= 15 is 0 Å². The van der Waals surface area contributed by atoms with Gasteiger partial charge >= 0.3 is 0 Å². The molecular weight excluding hydrogens is 749 g/mol. The van der Waals surface area contributed by atoms with Crippen LogP contribution in [0.2, 0.25) is 0 Å². The molecular formula is C60H44N2. The molecule has 0 saturated heterocycles. The van der Waals surface area contributed by atoms with Crippen molar-refractivity contribution in [1.29, 1.82) is 0 Å². The van der Waals surface area contributed by atoms with Crippen LogP contribution in [0.5, 0.6) is 0 Å². The van der Waals surface area contributed by atoms with Crippen molar-refractivity contribution < 1.29 is 0 Å². The number of rotatable bonds is 7. The summed E-state index contributed by atoms with van der Waals surface area (Å²) in [5.74, 6) is 0. The molecule has 0 unspecified atom stereocenters. The number of hydrogen-bond acceptors (Lipinski definition) is 2. The zero-order chi connectivity index (χ0) is 41.4. The number of nitrogens with one attached hydrogen (secondary N) is 2. The molecule has 0 aliphatic heterocycles. The van der Waals surface area contributed by atoms with Gasteiger partial charge in [-0.1, -0.05) is 172 Å². The van der Waals surface area contributed by atoms with Crippen molar-refractivity contribution in [2.45, 2.75) is 24.7 Å². The van der Waals surface area contributed by atoms with Gasteiger partial charge in [0.25, 0.3) is 0 Å². The number of benzene rings is 10. The number of anilines is 4. The van der Waals surface area contributed by atoms with Gasteiger partial charge in [-0.3, -0.25) is 0 Å². The van der Waals surface area contributed by atoms with Gasteiger partial charge in [-0.05, 0) is 149 Å². The summed E-state index contributed by atoms with van der Waals surface area (Å²) in [5, 5.41) is 12.4. The van der Waals surface area contributed by atoms with E-state index in [1.165, 1.54) is 88.3 Å². The molecule has 0 saturated carbocycles. The Morgan fingerprint density at radius 1 is 0.290 bits per heavy atom. The van der Waals surface area contributed by atoms with Crippen LogP contribution in [-0.4, -0.2) is 0 Å². The Labute approximate surface area is 363 Å². The second-order valence-electron chi connectivity index (χ2n) is 17.5. The van der Waals surface area contributed by atoms with E-state index in [1.54, 1.807) is 0 Å². The average Bonchev–Trinajstić information content (AvgIpc) is 3.74. The Hall–Kier alpha value is -7.68. The van der Waals surface area contributed by atoms with Crippen LogP contribution >= 0.6 is 0 Å². The fourth-order valence-corrected chi connectivity index (χ4v) is 10.6. The Morgan fingerprint density at radius 3 is 1.37 bits per heavy atom. The van der Waals surface area contributed by atoms with Crippen molar-refractivity contribution in [3.8, 4) is 33.4 Å². The second kappa shape index (κ2) is 13.9. The molecule has 10 aromatic carbocycles. The summed E-state index contributed by atoms with van der Waals surface area (Å²) in [4.78, 5) is 0. The van der Waals surface area contributed by atoms with Gasteiger partial charge < -0.3 is 10.6 Å². The van der Waals surface area contributed by atoms with Crippen molar-refractivity contribution in [2.75, 3.05) is 10.6 Å². The second-order valence-corrected chi connectivity index (χ2v) is 17.5. The molecule has 0 bridgehead atoms. The topological polar surface area (TPSA) is 24.1 Å². The Balaban J connectivity index is 0.833. The summed E-state index contributed by atoms with van der Waals surface area (Å²) in [5.41, 5.74) is 19.4. The minimum absolute atomic E-state index is 0.0327. The van der Waals surface area contributed by atoms with Crippen LogP contribution < -0.4 is 10.6 Å². The lowest BCUT2D eigenvalue weighted by molar-refractivity contribution is 0.660. The zero-order valence-electron chi connectivity index (χ0n) is 34.8. The SMILES string of the molecule is CC1(C)c2ccccc2-c2ccc(Nc3ccc4ccc(-c5ccc6cc(Nc7ccc8c(c7)C(c7ccccc7)(c7ccccc7)c7ccccc7-8)ccc6c5)cc4c3)cc21. The molecule has 294 valence electrons. The van der Waals surface area contributed by atoms with Crippen LogP contribution in [0.15, 0.2) is 218 Å². The molecule has 0 aromatic heterocycles. The van der Waals surface area contributed by atoms with Gasteiger partial charge in [0.05, 0.1) is 5.41 Å². The molecule has 0 atom stereocenters. The van der Waals surface area contributed by atoms with Gasteiger partial charge in [0.2, 0.25) is 0 Å². The lowest BCUT2D eigenvalue weighted by Gasteiger charge is -2.34. The molecule has 2 aliphatic rings. The molecule has 12 rings (SSSR count). The van der Waals surface area contributed by atoms with Crippen LogP contribution in [0.1, 0.15) is 47.2 Å². The highest BCUT2D eigenvalue weighted by atomic mass is 14.9. The summed E-state index contributed by atoms with van der Waals surface area (Å²) >= 11 is 0. The molecule has 2 aliphatic carbocycles. The zero-order valence-corrected chi connectivity index (χ0v) is 34.8. The van der Waals surface area contributed by atoms with Gasteiger partial charge in [-0.2, -0.15) is 0 Å². The van der Waals surface area contributed by atoms with Gasteiger partial charge in [0.1, 0.15) is 0 Å². The summed E-state index contributed by atoms with van der Waals surface area (Å²) in [6.07, 6.45) is 0. The highest BCUT2D eigenvalue weighted by Crippen LogP contribution is 2.57. The maximum atomic E-state index is 3.80. The molecule has 2 heteroatoms. The van der Waals surface area contributed by atoms with Crippen LogP contribution in [0.4, 0.5) is 22.7 Å². The van der Waals surface area contributed by atoms with Gasteiger partial charge in [-0.25, -0.2) is 0 Å². The van der Waals surface area contributed by atoms with Gasteiger partial charge in [-0.15, -0.1) is 0 Å². The number of fused-ring (bicyclic) bond motifs is 8. The van der Waals surface area contributed by atoms with Crippen LogP contribution in [0.25, 0.3) is 54.9 Å². The fraction of sp³-hybridized carbons (Fsp3) is 0.0667. The molecule has 0 heterocycles. The van der Waals surface area contributed by atoms with E-state index in [9.17, 15) is 0 Å².